The molecule has 0 aliphatic rings. The van der Waals surface area contributed by atoms with Crippen molar-refractivity contribution in [3.63, 3.8) is 0 Å². The van der Waals surface area contributed by atoms with Crippen molar-refractivity contribution >= 4 is 5.97 Å². The summed E-state index contributed by atoms with van der Waals surface area (Å²) in [5, 5.41) is 9.77. The van der Waals surface area contributed by atoms with Crippen molar-refractivity contribution < 1.29 is 24.1 Å². The second-order valence-corrected chi connectivity index (χ2v) is 6.47. The standard InChI is InChI=1S/C21H27NO5/c1-22(2)12-13-27-20-16(6-5-7-19(20)26-4)14-18(21(23)24)15-8-10-17(25-3)11-9-15/h5-11,18H,12-14H2,1-4H3,(H,23,24). The Morgan fingerprint density at radius 3 is 2.33 bits per heavy atom. The van der Waals surface area contributed by atoms with Gasteiger partial charge in [0.15, 0.2) is 11.5 Å². The average Bonchev–Trinajstić information content (AvgIpc) is 2.66. The molecule has 0 aliphatic heterocycles. The molecular weight excluding hydrogens is 346 g/mol. The van der Waals surface area contributed by atoms with Crippen molar-refractivity contribution in [1.82, 2.24) is 4.90 Å². The van der Waals surface area contributed by atoms with Crippen LogP contribution in [-0.4, -0.2) is 57.4 Å². The number of benzene rings is 2. The van der Waals surface area contributed by atoms with Crippen LogP contribution in [0.3, 0.4) is 0 Å². The minimum atomic E-state index is -0.887. The fraction of sp³-hybridized carbons (Fsp3) is 0.381. The maximum absolute atomic E-state index is 11.9. The number of carbonyl (C=O) groups is 1. The Labute approximate surface area is 160 Å². The minimum Gasteiger partial charge on any atom is -0.497 e. The first-order valence-corrected chi connectivity index (χ1v) is 8.76. The molecule has 1 N–H and O–H groups in total. The van der Waals surface area contributed by atoms with E-state index in [0.717, 1.165) is 12.1 Å². The summed E-state index contributed by atoms with van der Waals surface area (Å²) in [6, 6.07) is 12.6. The van der Waals surface area contributed by atoms with Crippen LogP contribution in [0.25, 0.3) is 0 Å². The smallest absolute Gasteiger partial charge is 0.311 e. The van der Waals surface area contributed by atoms with Crippen LogP contribution >= 0.6 is 0 Å². The molecule has 0 aromatic heterocycles. The Balaban J connectivity index is 2.29. The molecule has 0 fully saturated rings. The lowest BCUT2D eigenvalue weighted by atomic mass is 9.91. The third kappa shape index (κ3) is 5.62. The predicted molar refractivity (Wildman–Crippen MR) is 104 cm³/mol. The van der Waals surface area contributed by atoms with Crippen molar-refractivity contribution in [2.24, 2.45) is 0 Å². The van der Waals surface area contributed by atoms with Crippen molar-refractivity contribution in [3.05, 3.63) is 53.6 Å². The largest absolute Gasteiger partial charge is 0.497 e. The lowest BCUT2D eigenvalue weighted by Crippen LogP contribution is -2.20. The lowest BCUT2D eigenvalue weighted by molar-refractivity contribution is -0.138. The van der Waals surface area contributed by atoms with Crippen LogP contribution in [0.1, 0.15) is 17.0 Å². The van der Waals surface area contributed by atoms with Gasteiger partial charge in [-0.25, -0.2) is 0 Å². The van der Waals surface area contributed by atoms with Crippen LogP contribution < -0.4 is 14.2 Å². The minimum absolute atomic E-state index is 0.302. The number of hydrogen-bond acceptors (Lipinski definition) is 5. The molecule has 1 unspecified atom stereocenters. The number of nitrogens with zero attached hydrogens (tertiary/aromatic N) is 1. The topological polar surface area (TPSA) is 68.2 Å². The second kappa shape index (κ2) is 9.83. The van der Waals surface area contributed by atoms with Gasteiger partial charge in [0.1, 0.15) is 12.4 Å². The molecule has 0 bridgehead atoms. The molecule has 146 valence electrons. The van der Waals surface area contributed by atoms with Gasteiger partial charge in [-0.3, -0.25) is 4.79 Å². The maximum atomic E-state index is 11.9. The molecule has 0 heterocycles. The number of rotatable bonds is 10. The molecule has 0 saturated carbocycles. The first-order chi connectivity index (χ1) is 13.0. The van der Waals surface area contributed by atoms with Crippen molar-refractivity contribution in [2.75, 3.05) is 41.5 Å². The van der Waals surface area contributed by atoms with Crippen LogP contribution in [0.2, 0.25) is 0 Å². The SMILES string of the molecule is COc1ccc(C(Cc2cccc(OC)c2OCCN(C)C)C(=O)O)cc1. The van der Waals surface area contributed by atoms with Gasteiger partial charge in [-0.15, -0.1) is 0 Å². The number of ether oxygens (including phenoxy) is 3. The molecule has 2 rings (SSSR count). The quantitative estimate of drug-likeness (QED) is 0.690. The molecule has 6 heteroatoms. The summed E-state index contributed by atoms with van der Waals surface area (Å²) in [6.45, 7) is 1.24. The molecule has 1 atom stereocenters. The van der Waals surface area contributed by atoms with Crippen molar-refractivity contribution in [2.45, 2.75) is 12.3 Å². The zero-order valence-corrected chi connectivity index (χ0v) is 16.3. The maximum Gasteiger partial charge on any atom is 0.311 e. The van der Waals surface area contributed by atoms with Crippen LogP contribution in [0.5, 0.6) is 17.2 Å². The van der Waals surface area contributed by atoms with Gasteiger partial charge in [-0.2, -0.15) is 0 Å². The van der Waals surface area contributed by atoms with E-state index in [1.807, 2.05) is 37.2 Å². The van der Waals surface area contributed by atoms with E-state index in [-0.39, 0.29) is 0 Å². The number of carboxylic acids is 1. The van der Waals surface area contributed by atoms with Crippen LogP contribution in [0, 0.1) is 0 Å². The molecule has 0 amide bonds. The Bertz CT molecular complexity index is 743. The van der Waals surface area contributed by atoms with Crippen LogP contribution in [0.15, 0.2) is 42.5 Å². The van der Waals surface area contributed by atoms with Gasteiger partial charge < -0.3 is 24.2 Å². The molecular formula is C21H27NO5. The van der Waals surface area contributed by atoms with E-state index in [0.29, 0.717) is 35.8 Å². The molecule has 27 heavy (non-hydrogen) atoms. The highest BCUT2D eigenvalue weighted by molar-refractivity contribution is 5.77. The number of aliphatic carboxylic acids is 1. The van der Waals surface area contributed by atoms with E-state index in [1.165, 1.54) is 0 Å². The Morgan fingerprint density at radius 1 is 1.07 bits per heavy atom. The third-order valence-corrected chi connectivity index (χ3v) is 4.31. The zero-order chi connectivity index (χ0) is 19.8. The van der Waals surface area contributed by atoms with Gasteiger partial charge in [0.2, 0.25) is 0 Å². The van der Waals surface area contributed by atoms with E-state index in [1.54, 1.807) is 38.5 Å². The molecule has 0 spiro atoms. The van der Waals surface area contributed by atoms with Gasteiger partial charge in [0, 0.05) is 6.54 Å². The summed E-state index contributed by atoms with van der Waals surface area (Å²) >= 11 is 0. The molecule has 2 aromatic carbocycles. The summed E-state index contributed by atoms with van der Waals surface area (Å²) in [5.74, 6) is 0.310. The van der Waals surface area contributed by atoms with E-state index >= 15 is 0 Å². The molecule has 0 aliphatic carbocycles. The van der Waals surface area contributed by atoms with Crippen LogP contribution in [0.4, 0.5) is 0 Å². The van der Waals surface area contributed by atoms with Gasteiger partial charge in [-0.1, -0.05) is 24.3 Å². The number of hydrogen-bond donors (Lipinski definition) is 1. The second-order valence-electron chi connectivity index (χ2n) is 6.47. The first kappa shape index (κ1) is 20.6. The predicted octanol–water partition coefficient (Wildman–Crippen LogP) is 3.06. The van der Waals surface area contributed by atoms with Gasteiger partial charge in [0.05, 0.1) is 20.1 Å². The van der Waals surface area contributed by atoms with E-state index < -0.39 is 11.9 Å². The highest BCUT2D eigenvalue weighted by Gasteiger charge is 2.23. The highest BCUT2D eigenvalue weighted by atomic mass is 16.5. The van der Waals surface area contributed by atoms with Crippen LogP contribution in [-0.2, 0) is 11.2 Å². The number of para-hydroxylation sites is 1. The third-order valence-electron chi connectivity index (χ3n) is 4.31. The Hall–Kier alpha value is -2.73. The molecule has 0 radical (unpaired) electrons. The molecule has 0 saturated heterocycles. The summed E-state index contributed by atoms with van der Waals surface area (Å²) in [7, 11) is 7.10. The van der Waals surface area contributed by atoms with E-state index in [4.69, 9.17) is 14.2 Å². The monoisotopic (exact) mass is 373 g/mol. The lowest BCUT2D eigenvalue weighted by Gasteiger charge is -2.19. The number of carboxylic acid groups (broad SMARTS) is 1. The average molecular weight is 373 g/mol. The highest BCUT2D eigenvalue weighted by Crippen LogP contribution is 2.35. The van der Waals surface area contributed by atoms with Crippen molar-refractivity contribution in [1.29, 1.82) is 0 Å². The Morgan fingerprint density at radius 2 is 1.78 bits per heavy atom. The fourth-order valence-electron chi connectivity index (χ4n) is 2.78. The summed E-state index contributed by atoms with van der Waals surface area (Å²) in [5.41, 5.74) is 1.52. The summed E-state index contributed by atoms with van der Waals surface area (Å²) in [6.07, 6.45) is 0.302. The fourth-order valence-corrected chi connectivity index (χ4v) is 2.78. The van der Waals surface area contributed by atoms with Crippen molar-refractivity contribution in [3.8, 4) is 17.2 Å². The van der Waals surface area contributed by atoms with Gasteiger partial charge in [0.25, 0.3) is 0 Å². The normalized spacial score (nSPS) is 11.9. The van der Waals surface area contributed by atoms with E-state index in [9.17, 15) is 9.90 Å². The number of methoxy groups -OCH3 is 2. The number of likely N-dealkylation sites (N-methyl/N-ethyl adjacent to an activating group) is 1. The summed E-state index contributed by atoms with van der Waals surface area (Å²) in [4.78, 5) is 13.9. The zero-order valence-electron chi connectivity index (χ0n) is 16.3. The molecule has 2 aromatic rings. The van der Waals surface area contributed by atoms with E-state index in [2.05, 4.69) is 0 Å². The summed E-state index contributed by atoms with van der Waals surface area (Å²) < 4.78 is 16.5. The molecule has 6 nitrogen and oxygen atoms in total. The van der Waals surface area contributed by atoms with Gasteiger partial charge >= 0.3 is 5.97 Å². The Kier molecular flexibility index (Phi) is 7.49. The first-order valence-electron chi connectivity index (χ1n) is 8.76. The van der Waals surface area contributed by atoms with Gasteiger partial charge in [-0.05, 0) is 49.8 Å².